The topological polar surface area (TPSA) is 77.8 Å². The van der Waals surface area contributed by atoms with Crippen LogP contribution in [0.1, 0.15) is 57.8 Å². The fraction of sp³-hybridized carbons (Fsp3) is 0.857. The van der Waals surface area contributed by atoms with Crippen LogP contribution in [0.5, 0.6) is 0 Å². The van der Waals surface area contributed by atoms with E-state index in [1.54, 1.807) is 0 Å². The van der Waals surface area contributed by atoms with Crippen LogP contribution in [0, 0.1) is 0 Å². The Hall–Kier alpha value is -1.10. The van der Waals surface area contributed by atoms with Gasteiger partial charge in [0.05, 0.1) is 12.8 Å². The summed E-state index contributed by atoms with van der Waals surface area (Å²) in [5, 5.41) is 17.6. The number of carbonyl (C=O) groups is 2. The normalized spacial score (nSPS) is 17.9. The molecule has 1 aliphatic rings. The summed E-state index contributed by atoms with van der Waals surface area (Å²) in [7, 11) is 0. The van der Waals surface area contributed by atoms with Gasteiger partial charge in [-0.25, -0.2) is 0 Å². The monoisotopic (exact) mass is 271 g/mol. The fourth-order valence-electron chi connectivity index (χ4n) is 2.76. The average Bonchev–Trinajstić information content (AvgIpc) is 2.29. The van der Waals surface area contributed by atoms with Gasteiger partial charge in [0.1, 0.15) is 0 Å². The first kappa shape index (κ1) is 16.0. The van der Waals surface area contributed by atoms with Gasteiger partial charge in [-0.2, -0.15) is 0 Å². The number of nitrogens with zero attached hydrogens (tertiary/aromatic N) is 1. The quantitative estimate of drug-likeness (QED) is 0.743. The maximum Gasteiger partial charge on any atom is 0.304 e. The van der Waals surface area contributed by atoms with Gasteiger partial charge in [0.15, 0.2) is 0 Å². The van der Waals surface area contributed by atoms with E-state index in [1.807, 2.05) is 0 Å². The van der Waals surface area contributed by atoms with E-state index < -0.39 is 11.9 Å². The second-order valence-electron chi connectivity index (χ2n) is 5.32. The standard InChI is InChI=1S/C14H25NO4/c16-13(17)8-10-15(11-9-14(18)19)12-6-4-2-1-3-5-7-12/h12H,1-11H2,(H,16,17)(H,18,19). The van der Waals surface area contributed by atoms with Gasteiger partial charge >= 0.3 is 11.9 Å². The van der Waals surface area contributed by atoms with E-state index in [0.717, 1.165) is 12.8 Å². The Morgan fingerprint density at radius 3 is 1.68 bits per heavy atom. The third-order valence-electron chi connectivity index (χ3n) is 3.82. The zero-order chi connectivity index (χ0) is 14.1. The minimum Gasteiger partial charge on any atom is -0.481 e. The van der Waals surface area contributed by atoms with E-state index in [0.29, 0.717) is 19.1 Å². The summed E-state index contributed by atoms with van der Waals surface area (Å²) in [5.74, 6) is -1.63. The molecule has 0 heterocycles. The first-order chi connectivity index (χ1) is 9.09. The molecule has 0 amide bonds. The summed E-state index contributed by atoms with van der Waals surface area (Å²) < 4.78 is 0. The van der Waals surface area contributed by atoms with Crippen LogP contribution in [-0.2, 0) is 9.59 Å². The number of hydrogen-bond donors (Lipinski definition) is 2. The molecule has 1 rings (SSSR count). The molecule has 0 atom stereocenters. The molecular formula is C14H25NO4. The third-order valence-corrected chi connectivity index (χ3v) is 3.82. The van der Waals surface area contributed by atoms with Crippen molar-refractivity contribution in [2.24, 2.45) is 0 Å². The molecule has 5 nitrogen and oxygen atoms in total. The highest BCUT2D eigenvalue weighted by Crippen LogP contribution is 2.21. The van der Waals surface area contributed by atoms with E-state index in [-0.39, 0.29) is 12.8 Å². The van der Waals surface area contributed by atoms with Crippen LogP contribution in [0.25, 0.3) is 0 Å². The van der Waals surface area contributed by atoms with Crippen molar-refractivity contribution in [1.82, 2.24) is 4.90 Å². The molecule has 5 heteroatoms. The zero-order valence-corrected chi connectivity index (χ0v) is 11.5. The molecule has 19 heavy (non-hydrogen) atoms. The number of hydrogen-bond acceptors (Lipinski definition) is 3. The second-order valence-corrected chi connectivity index (χ2v) is 5.32. The van der Waals surface area contributed by atoms with Gasteiger partial charge in [-0.05, 0) is 12.8 Å². The van der Waals surface area contributed by atoms with Crippen LogP contribution >= 0.6 is 0 Å². The maximum atomic E-state index is 10.7. The Balaban J connectivity index is 2.51. The summed E-state index contributed by atoms with van der Waals surface area (Å²) in [5.41, 5.74) is 0. The largest absolute Gasteiger partial charge is 0.481 e. The van der Waals surface area contributed by atoms with Gasteiger partial charge in [0.2, 0.25) is 0 Å². The van der Waals surface area contributed by atoms with Crippen molar-refractivity contribution in [3.63, 3.8) is 0 Å². The summed E-state index contributed by atoms with van der Waals surface area (Å²) in [4.78, 5) is 23.5. The van der Waals surface area contributed by atoms with Crippen LogP contribution < -0.4 is 0 Å². The lowest BCUT2D eigenvalue weighted by molar-refractivity contribution is -0.137. The number of carboxylic acid groups (broad SMARTS) is 2. The number of rotatable bonds is 7. The Bertz CT molecular complexity index is 267. The number of carboxylic acids is 2. The maximum absolute atomic E-state index is 10.7. The highest BCUT2D eigenvalue weighted by atomic mass is 16.4. The lowest BCUT2D eigenvalue weighted by Gasteiger charge is -2.32. The molecule has 110 valence electrons. The second kappa shape index (κ2) is 8.91. The van der Waals surface area contributed by atoms with E-state index in [2.05, 4.69) is 4.90 Å². The minimum absolute atomic E-state index is 0.0934. The summed E-state index contributed by atoms with van der Waals surface area (Å²) >= 11 is 0. The summed E-state index contributed by atoms with van der Waals surface area (Å²) in [6, 6.07) is 0.360. The molecule has 0 bridgehead atoms. The molecule has 0 aromatic rings. The highest BCUT2D eigenvalue weighted by Gasteiger charge is 2.20. The third kappa shape index (κ3) is 7.15. The predicted octanol–water partition coefficient (Wildman–Crippen LogP) is 2.35. The van der Waals surface area contributed by atoms with Crippen LogP contribution in [0.15, 0.2) is 0 Å². The van der Waals surface area contributed by atoms with Gasteiger partial charge in [-0.15, -0.1) is 0 Å². The number of aliphatic carboxylic acids is 2. The molecule has 2 N–H and O–H groups in total. The van der Waals surface area contributed by atoms with Crippen molar-refractivity contribution in [2.45, 2.75) is 63.8 Å². The molecule has 0 spiro atoms. The lowest BCUT2D eigenvalue weighted by atomic mass is 9.95. The Morgan fingerprint density at radius 2 is 1.26 bits per heavy atom. The van der Waals surface area contributed by atoms with Crippen molar-refractivity contribution in [3.8, 4) is 0 Å². The minimum atomic E-state index is -0.814. The van der Waals surface area contributed by atoms with Gasteiger partial charge in [-0.3, -0.25) is 14.5 Å². The molecule has 0 radical (unpaired) electrons. The molecule has 1 aliphatic carbocycles. The highest BCUT2D eigenvalue weighted by molar-refractivity contribution is 5.67. The zero-order valence-electron chi connectivity index (χ0n) is 11.5. The Labute approximate surface area is 114 Å². The average molecular weight is 271 g/mol. The first-order valence-corrected chi connectivity index (χ1v) is 7.27. The smallest absolute Gasteiger partial charge is 0.304 e. The first-order valence-electron chi connectivity index (χ1n) is 7.27. The molecule has 1 fully saturated rings. The molecule has 1 saturated carbocycles. The molecule has 0 aliphatic heterocycles. The van der Waals surface area contributed by atoms with Crippen LogP contribution in [0.4, 0.5) is 0 Å². The summed E-state index contributed by atoms with van der Waals surface area (Å²) in [6.45, 7) is 0.931. The van der Waals surface area contributed by atoms with Crippen molar-refractivity contribution >= 4 is 11.9 Å². The molecule has 0 unspecified atom stereocenters. The van der Waals surface area contributed by atoms with Crippen molar-refractivity contribution < 1.29 is 19.8 Å². The van der Waals surface area contributed by atoms with Gasteiger partial charge in [0, 0.05) is 19.1 Å². The molecule has 0 aromatic heterocycles. The lowest BCUT2D eigenvalue weighted by Crippen LogP contribution is -2.38. The van der Waals surface area contributed by atoms with Gasteiger partial charge in [0.25, 0.3) is 0 Å². The van der Waals surface area contributed by atoms with E-state index in [9.17, 15) is 9.59 Å². The van der Waals surface area contributed by atoms with E-state index >= 15 is 0 Å². The van der Waals surface area contributed by atoms with Crippen molar-refractivity contribution in [2.75, 3.05) is 13.1 Å². The molecule has 0 saturated heterocycles. The summed E-state index contributed by atoms with van der Waals surface area (Å²) in [6.07, 6.45) is 8.43. The van der Waals surface area contributed by atoms with Crippen LogP contribution in [0.3, 0.4) is 0 Å². The van der Waals surface area contributed by atoms with E-state index in [4.69, 9.17) is 10.2 Å². The van der Waals surface area contributed by atoms with Crippen LogP contribution in [0.2, 0.25) is 0 Å². The van der Waals surface area contributed by atoms with Crippen molar-refractivity contribution in [3.05, 3.63) is 0 Å². The SMILES string of the molecule is O=C(O)CCN(CCC(=O)O)C1CCCCCCC1. The van der Waals surface area contributed by atoms with E-state index in [1.165, 1.54) is 32.1 Å². The fourth-order valence-corrected chi connectivity index (χ4v) is 2.76. The van der Waals surface area contributed by atoms with Crippen molar-refractivity contribution in [1.29, 1.82) is 0 Å². The predicted molar refractivity (Wildman–Crippen MR) is 72.2 cm³/mol. The Kier molecular flexibility index (Phi) is 7.48. The molecular weight excluding hydrogens is 246 g/mol. The van der Waals surface area contributed by atoms with Gasteiger partial charge in [-0.1, -0.05) is 32.1 Å². The van der Waals surface area contributed by atoms with Crippen LogP contribution in [-0.4, -0.2) is 46.2 Å². The molecule has 0 aromatic carbocycles. The Morgan fingerprint density at radius 1 is 0.842 bits per heavy atom. The van der Waals surface area contributed by atoms with Gasteiger partial charge < -0.3 is 10.2 Å².